The van der Waals surface area contributed by atoms with Crippen LogP contribution in [0.5, 0.6) is 0 Å². The van der Waals surface area contributed by atoms with Crippen molar-refractivity contribution in [1.29, 1.82) is 0 Å². The van der Waals surface area contributed by atoms with E-state index in [1.54, 1.807) is 17.8 Å². The highest BCUT2D eigenvalue weighted by molar-refractivity contribution is 8.01. The number of carboxylic acid groups (broad SMARTS) is 1. The number of ketones is 1. The number of hydrogen-bond donors (Lipinski definition) is 3. The standard InChI is InChI=1S/C21H28O5S2/c22-13-16-12-19(24)21(28-10-4-9-27-14-20(25)26)18(16)8-7-17(23)11-15-5-2-1-3-6-15/h1-3,5-8,16-18,21-23H,4,9-14H2,(H,25,26)/b8-7+/t16-,17-,18-,21+/m0/s1. The molecule has 0 heterocycles. The Labute approximate surface area is 174 Å². The van der Waals surface area contributed by atoms with Gasteiger partial charge in [-0.25, -0.2) is 0 Å². The summed E-state index contributed by atoms with van der Waals surface area (Å²) in [5, 5.41) is 28.4. The number of Topliss-reactive ketones (excluding diaryl/α,β-unsaturated/α-hetero) is 1. The van der Waals surface area contributed by atoms with Gasteiger partial charge in [0.1, 0.15) is 5.78 Å². The van der Waals surface area contributed by atoms with Gasteiger partial charge in [0.15, 0.2) is 0 Å². The van der Waals surface area contributed by atoms with Gasteiger partial charge in [-0.2, -0.15) is 11.8 Å². The van der Waals surface area contributed by atoms with E-state index in [9.17, 15) is 19.8 Å². The van der Waals surface area contributed by atoms with Crippen molar-refractivity contribution in [2.75, 3.05) is 23.9 Å². The second-order valence-electron chi connectivity index (χ2n) is 6.92. The van der Waals surface area contributed by atoms with Crippen molar-refractivity contribution in [1.82, 2.24) is 0 Å². The van der Waals surface area contributed by atoms with Gasteiger partial charge >= 0.3 is 5.97 Å². The largest absolute Gasteiger partial charge is 0.481 e. The first-order valence-electron chi connectivity index (χ1n) is 9.46. The van der Waals surface area contributed by atoms with E-state index in [4.69, 9.17) is 5.11 Å². The number of aliphatic hydroxyl groups is 2. The lowest BCUT2D eigenvalue weighted by Crippen LogP contribution is -2.21. The molecule has 0 aliphatic heterocycles. The average molecular weight is 425 g/mol. The van der Waals surface area contributed by atoms with E-state index < -0.39 is 12.1 Å². The molecule has 0 bridgehead atoms. The first kappa shape index (κ1) is 23.0. The number of carbonyl (C=O) groups excluding carboxylic acids is 1. The fraction of sp³-hybridized carbons (Fsp3) is 0.524. The molecule has 28 heavy (non-hydrogen) atoms. The predicted molar refractivity (Wildman–Crippen MR) is 115 cm³/mol. The molecular weight excluding hydrogens is 396 g/mol. The van der Waals surface area contributed by atoms with Gasteiger partial charge in [-0.15, -0.1) is 11.8 Å². The summed E-state index contributed by atoms with van der Waals surface area (Å²) in [6.45, 7) is -0.0406. The van der Waals surface area contributed by atoms with Crippen LogP contribution in [0.4, 0.5) is 0 Å². The third-order valence-corrected chi connectivity index (χ3v) is 7.20. The number of aliphatic hydroxyl groups excluding tert-OH is 2. The molecule has 2 rings (SSSR count). The smallest absolute Gasteiger partial charge is 0.313 e. The Kier molecular flexibility index (Phi) is 10.1. The van der Waals surface area contributed by atoms with E-state index in [0.717, 1.165) is 23.5 Å². The fourth-order valence-corrected chi connectivity index (χ4v) is 5.56. The second-order valence-corrected chi connectivity index (χ2v) is 9.28. The molecule has 154 valence electrons. The van der Waals surface area contributed by atoms with Crippen LogP contribution in [0, 0.1) is 11.8 Å². The number of aliphatic carboxylic acids is 1. The van der Waals surface area contributed by atoms with Crippen molar-refractivity contribution < 1.29 is 24.9 Å². The summed E-state index contributed by atoms with van der Waals surface area (Å²) in [5.74, 6) is 0.775. The van der Waals surface area contributed by atoms with Crippen molar-refractivity contribution in [3.8, 4) is 0 Å². The van der Waals surface area contributed by atoms with E-state index in [2.05, 4.69) is 0 Å². The molecular formula is C21H28O5S2. The summed E-state index contributed by atoms with van der Waals surface area (Å²) in [5.41, 5.74) is 1.05. The molecule has 7 heteroatoms. The topological polar surface area (TPSA) is 94.8 Å². The van der Waals surface area contributed by atoms with Gasteiger partial charge in [-0.1, -0.05) is 42.5 Å². The molecule has 0 amide bonds. The Bertz CT molecular complexity index is 649. The molecule has 3 N–H and O–H groups in total. The van der Waals surface area contributed by atoms with Gasteiger partial charge in [0.2, 0.25) is 0 Å². The number of carboxylic acids is 1. The lowest BCUT2D eigenvalue weighted by atomic mass is 9.95. The molecule has 4 atom stereocenters. The van der Waals surface area contributed by atoms with Crippen molar-refractivity contribution in [3.05, 3.63) is 48.0 Å². The molecule has 0 spiro atoms. The third-order valence-electron chi connectivity index (χ3n) is 4.71. The molecule has 1 aromatic rings. The summed E-state index contributed by atoms with van der Waals surface area (Å²) in [7, 11) is 0. The number of allylic oxidation sites excluding steroid dienone is 1. The Hall–Kier alpha value is -1.28. The van der Waals surface area contributed by atoms with Crippen molar-refractivity contribution in [2.45, 2.75) is 30.6 Å². The number of carbonyl (C=O) groups is 2. The normalized spacial score (nSPS) is 23.4. The maximum absolute atomic E-state index is 12.4. The first-order valence-corrected chi connectivity index (χ1v) is 11.7. The molecule has 0 saturated heterocycles. The zero-order chi connectivity index (χ0) is 20.4. The molecule has 1 saturated carbocycles. The highest BCUT2D eigenvalue weighted by Gasteiger charge is 2.40. The molecule has 5 nitrogen and oxygen atoms in total. The van der Waals surface area contributed by atoms with Gasteiger partial charge in [-0.3, -0.25) is 9.59 Å². The Morgan fingerprint density at radius 3 is 2.68 bits per heavy atom. The average Bonchev–Trinajstić information content (AvgIpc) is 2.98. The van der Waals surface area contributed by atoms with Crippen LogP contribution in [0.2, 0.25) is 0 Å². The lowest BCUT2D eigenvalue weighted by molar-refractivity contribution is -0.133. The van der Waals surface area contributed by atoms with Gasteiger partial charge in [-0.05, 0) is 29.4 Å². The minimum atomic E-state index is -0.811. The number of hydrogen-bond acceptors (Lipinski definition) is 6. The minimum absolute atomic E-state index is 0.0406. The Balaban J connectivity index is 1.86. The Morgan fingerprint density at radius 1 is 1.25 bits per heavy atom. The molecule has 1 fully saturated rings. The van der Waals surface area contributed by atoms with E-state index in [1.807, 2.05) is 36.4 Å². The van der Waals surface area contributed by atoms with Crippen LogP contribution in [0.1, 0.15) is 18.4 Å². The van der Waals surface area contributed by atoms with Crippen LogP contribution in [-0.2, 0) is 16.0 Å². The van der Waals surface area contributed by atoms with Crippen molar-refractivity contribution in [2.24, 2.45) is 11.8 Å². The maximum Gasteiger partial charge on any atom is 0.313 e. The highest BCUT2D eigenvalue weighted by Crippen LogP contribution is 2.38. The highest BCUT2D eigenvalue weighted by atomic mass is 32.2. The molecule has 1 aliphatic carbocycles. The molecule has 1 aromatic carbocycles. The Morgan fingerprint density at radius 2 is 2.00 bits per heavy atom. The first-order chi connectivity index (χ1) is 13.5. The monoisotopic (exact) mass is 424 g/mol. The van der Waals surface area contributed by atoms with Gasteiger partial charge in [0, 0.05) is 25.4 Å². The summed E-state index contributed by atoms with van der Waals surface area (Å²) in [6, 6.07) is 9.74. The summed E-state index contributed by atoms with van der Waals surface area (Å²) >= 11 is 2.96. The summed E-state index contributed by atoms with van der Waals surface area (Å²) < 4.78 is 0. The van der Waals surface area contributed by atoms with E-state index in [0.29, 0.717) is 12.8 Å². The molecule has 0 radical (unpaired) electrons. The van der Waals surface area contributed by atoms with Crippen LogP contribution in [-0.4, -0.2) is 62.3 Å². The SMILES string of the molecule is O=C(O)CSCCCS[C@H]1C(=O)C[C@@H](CO)[C@@H]1/C=C/[C@H](O)Cc1ccccc1. The van der Waals surface area contributed by atoms with Crippen LogP contribution in [0.15, 0.2) is 42.5 Å². The lowest BCUT2D eigenvalue weighted by Gasteiger charge is -2.19. The van der Waals surface area contributed by atoms with Crippen molar-refractivity contribution in [3.63, 3.8) is 0 Å². The van der Waals surface area contributed by atoms with E-state index in [1.165, 1.54) is 11.8 Å². The molecule has 1 aliphatic rings. The van der Waals surface area contributed by atoms with Crippen LogP contribution in [0.25, 0.3) is 0 Å². The number of thioether (sulfide) groups is 2. The minimum Gasteiger partial charge on any atom is -0.481 e. The van der Waals surface area contributed by atoms with Crippen LogP contribution < -0.4 is 0 Å². The van der Waals surface area contributed by atoms with Crippen LogP contribution in [0.3, 0.4) is 0 Å². The van der Waals surface area contributed by atoms with Crippen molar-refractivity contribution >= 4 is 35.3 Å². The summed E-state index contributed by atoms with van der Waals surface area (Å²) in [6.07, 6.45) is 4.73. The zero-order valence-corrected chi connectivity index (χ0v) is 17.4. The summed E-state index contributed by atoms with van der Waals surface area (Å²) in [4.78, 5) is 22.9. The van der Waals surface area contributed by atoms with E-state index in [-0.39, 0.29) is 35.2 Å². The van der Waals surface area contributed by atoms with Gasteiger partial charge in [0.05, 0.1) is 17.1 Å². The fourth-order valence-electron chi connectivity index (χ4n) is 3.33. The zero-order valence-electron chi connectivity index (χ0n) is 15.8. The molecule has 0 aromatic heterocycles. The predicted octanol–water partition coefficient (Wildman–Crippen LogP) is 2.65. The van der Waals surface area contributed by atoms with Gasteiger partial charge < -0.3 is 15.3 Å². The quantitative estimate of drug-likeness (QED) is 0.351. The number of benzene rings is 1. The maximum atomic E-state index is 12.4. The number of rotatable bonds is 12. The third kappa shape index (κ3) is 7.62. The van der Waals surface area contributed by atoms with Gasteiger partial charge in [0.25, 0.3) is 0 Å². The van der Waals surface area contributed by atoms with E-state index >= 15 is 0 Å². The van der Waals surface area contributed by atoms with Crippen LogP contribution >= 0.6 is 23.5 Å². The molecule has 0 unspecified atom stereocenters. The second kappa shape index (κ2) is 12.3.